The lowest BCUT2D eigenvalue weighted by Gasteiger charge is -2.27. The Hall–Kier alpha value is -2.31. The summed E-state index contributed by atoms with van der Waals surface area (Å²) in [5.41, 5.74) is 1.70. The van der Waals surface area contributed by atoms with Crippen molar-refractivity contribution < 1.29 is 14.7 Å². The molecule has 1 aromatic rings. The molecular formula is C13H18N4O3. The number of urea groups is 1. The second-order valence-electron chi connectivity index (χ2n) is 4.91. The van der Waals surface area contributed by atoms with Gasteiger partial charge in [-0.15, -0.1) is 0 Å². The van der Waals surface area contributed by atoms with E-state index in [1.54, 1.807) is 18.1 Å². The van der Waals surface area contributed by atoms with E-state index in [9.17, 15) is 14.7 Å². The first-order chi connectivity index (χ1) is 9.47. The SMILES string of the molecule is CC1=CCN(C(=O)NC(C(=O)O)c2cnn(C)c2)CC1. The fourth-order valence-corrected chi connectivity index (χ4v) is 2.05. The van der Waals surface area contributed by atoms with Crippen molar-refractivity contribution in [2.75, 3.05) is 13.1 Å². The number of amides is 2. The Morgan fingerprint density at radius 3 is 2.75 bits per heavy atom. The van der Waals surface area contributed by atoms with Crippen LogP contribution in [0.3, 0.4) is 0 Å². The van der Waals surface area contributed by atoms with Crippen LogP contribution in [0.2, 0.25) is 0 Å². The van der Waals surface area contributed by atoms with Crippen molar-refractivity contribution in [2.45, 2.75) is 19.4 Å². The number of carboxylic acids is 1. The maximum atomic E-state index is 12.1. The van der Waals surface area contributed by atoms with E-state index in [0.717, 1.165) is 6.42 Å². The second-order valence-corrected chi connectivity index (χ2v) is 4.91. The first-order valence-corrected chi connectivity index (χ1v) is 6.40. The molecule has 1 aliphatic rings. The lowest BCUT2D eigenvalue weighted by atomic mass is 10.1. The van der Waals surface area contributed by atoms with Gasteiger partial charge in [0.15, 0.2) is 6.04 Å². The van der Waals surface area contributed by atoms with Crippen LogP contribution in [0.5, 0.6) is 0 Å². The Kier molecular flexibility index (Phi) is 4.07. The molecule has 1 aliphatic heterocycles. The van der Waals surface area contributed by atoms with Gasteiger partial charge in [0.05, 0.1) is 6.20 Å². The lowest BCUT2D eigenvalue weighted by Crippen LogP contribution is -2.45. The molecule has 1 unspecified atom stereocenters. The van der Waals surface area contributed by atoms with Crippen molar-refractivity contribution >= 4 is 12.0 Å². The largest absolute Gasteiger partial charge is 0.479 e. The highest BCUT2D eigenvalue weighted by molar-refractivity contribution is 5.83. The molecular weight excluding hydrogens is 260 g/mol. The van der Waals surface area contributed by atoms with Crippen LogP contribution in [0.4, 0.5) is 4.79 Å². The van der Waals surface area contributed by atoms with Gasteiger partial charge >= 0.3 is 12.0 Å². The molecule has 2 N–H and O–H groups in total. The highest BCUT2D eigenvalue weighted by Gasteiger charge is 2.26. The number of hydrogen-bond donors (Lipinski definition) is 2. The van der Waals surface area contributed by atoms with Crippen LogP contribution in [0, 0.1) is 0 Å². The topological polar surface area (TPSA) is 87.5 Å². The highest BCUT2D eigenvalue weighted by Crippen LogP contribution is 2.14. The summed E-state index contributed by atoms with van der Waals surface area (Å²) in [5.74, 6) is -1.10. The van der Waals surface area contributed by atoms with Crippen LogP contribution >= 0.6 is 0 Å². The number of aromatic nitrogens is 2. The van der Waals surface area contributed by atoms with Gasteiger partial charge < -0.3 is 15.3 Å². The maximum absolute atomic E-state index is 12.1. The molecule has 1 atom stereocenters. The third kappa shape index (κ3) is 3.17. The Labute approximate surface area is 116 Å². The van der Waals surface area contributed by atoms with Crippen LogP contribution in [-0.4, -0.2) is 44.9 Å². The summed E-state index contributed by atoms with van der Waals surface area (Å²) in [6, 6.07) is -1.45. The van der Waals surface area contributed by atoms with Gasteiger partial charge in [-0.25, -0.2) is 9.59 Å². The molecule has 7 heteroatoms. The maximum Gasteiger partial charge on any atom is 0.331 e. The Bertz CT molecular complexity index is 550. The average Bonchev–Trinajstić information content (AvgIpc) is 2.82. The molecule has 0 saturated heterocycles. The number of aliphatic carboxylic acids is 1. The van der Waals surface area contributed by atoms with Gasteiger partial charge in [0, 0.05) is 31.9 Å². The number of hydrogen-bond acceptors (Lipinski definition) is 3. The number of rotatable bonds is 3. The summed E-state index contributed by atoms with van der Waals surface area (Å²) in [4.78, 5) is 25.0. The van der Waals surface area contributed by atoms with E-state index in [1.807, 2.05) is 13.0 Å². The summed E-state index contributed by atoms with van der Waals surface area (Å²) in [6.45, 7) is 3.13. The molecule has 2 amide bonds. The monoisotopic (exact) mass is 278 g/mol. The van der Waals surface area contributed by atoms with E-state index in [2.05, 4.69) is 10.4 Å². The van der Waals surface area contributed by atoms with Crippen molar-refractivity contribution in [3.8, 4) is 0 Å². The molecule has 0 aliphatic carbocycles. The van der Waals surface area contributed by atoms with Gasteiger partial charge in [-0.3, -0.25) is 4.68 Å². The number of nitrogens with one attached hydrogen (secondary N) is 1. The van der Waals surface area contributed by atoms with Gasteiger partial charge in [-0.1, -0.05) is 11.6 Å². The van der Waals surface area contributed by atoms with Crippen molar-refractivity contribution in [1.29, 1.82) is 0 Å². The molecule has 7 nitrogen and oxygen atoms in total. The predicted molar refractivity (Wildman–Crippen MR) is 72.1 cm³/mol. The molecule has 2 heterocycles. The number of nitrogens with zero attached hydrogens (tertiary/aromatic N) is 3. The van der Waals surface area contributed by atoms with Gasteiger partial charge in [0.2, 0.25) is 0 Å². The van der Waals surface area contributed by atoms with Crippen molar-refractivity contribution in [3.63, 3.8) is 0 Å². The standard InChI is InChI=1S/C13H18N4O3/c1-9-3-5-17(6-4-9)13(20)15-11(12(18)19)10-7-14-16(2)8-10/h3,7-8,11H,4-6H2,1-2H3,(H,15,20)(H,18,19). The molecule has 0 bridgehead atoms. The number of carbonyl (C=O) groups is 2. The van der Waals surface area contributed by atoms with Crippen molar-refractivity contribution in [2.24, 2.45) is 7.05 Å². The highest BCUT2D eigenvalue weighted by atomic mass is 16.4. The number of carbonyl (C=O) groups excluding carboxylic acids is 1. The van der Waals surface area contributed by atoms with Crippen LogP contribution in [0.25, 0.3) is 0 Å². The molecule has 0 fully saturated rings. The first-order valence-electron chi connectivity index (χ1n) is 6.40. The van der Waals surface area contributed by atoms with E-state index in [-0.39, 0.29) is 6.03 Å². The normalized spacial score (nSPS) is 16.5. The van der Waals surface area contributed by atoms with E-state index in [1.165, 1.54) is 16.5 Å². The van der Waals surface area contributed by atoms with Crippen LogP contribution < -0.4 is 5.32 Å². The Balaban J connectivity index is 2.05. The summed E-state index contributed by atoms with van der Waals surface area (Å²) in [6.07, 6.45) is 5.82. The molecule has 1 aromatic heterocycles. The molecule has 108 valence electrons. The Morgan fingerprint density at radius 2 is 2.25 bits per heavy atom. The zero-order chi connectivity index (χ0) is 14.7. The van der Waals surface area contributed by atoms with Gasteiger partial charge in [0.25, 0.3) is 0 Å². The minimum absolute atomic E-state index is 0.370. The minimum Gasteiger partial charge on any atom is -0.479 e. The smallest absolute Gasteiger partial charge is 0.331 e. The molecule has 0 saturated carbocycles. The fraction of sp³-hybridized carbons (Fsp3) is 0.462. The fourth-order valence-electron chi connectivity index (χ4n) is 2.05. The second kappa shape index (κ2) is 5.77. The third-order valence-electron chi connectivity index (χ3n) is 3.30. The van der Waals surface area contributed by atoms with Gasteiger partial charge in [-0.05, 0) is 13.3 Å². The van der Waals surface area contributed by atoms with Crippen molar-refractivity contribution in [1.82, 2.24) is 20.0 Å². The molecule has 0 radical (unpaired) electrons. The number of carboxylic acid groups (broad SMARTS) is 1. The van der Waals surface area contributed by atoms with Crippen LogP contribution in [0.15, 0.2) is 24.0 Å². The molecule has 2 rings (SSSR count). The van der Waals surface area contributed by atoms with E-state index in [4.69, 9.17) is 0 Å². The van der Waals surface area contributed by atoms with Crippen LogP contribution in [-0.2, 0) is 11.8 Å². The van der Waals surface area contributed by atoms with E-state index >= 15 is 0 Å². The van der Waals surface area contributed by atoms with Crippen LogP contribution in [0.1, 0.15) is 24.9 Å². The van der Waals surface area contributed by atoms with E-state index in [0.29, 0.717) is 18.7 Å². The zero-order valence-electron chi connectivity index (χ0n) is 11.5. The minimum atomic E-state index is -1.10. The summed E-state index contributed by atoms with van der Waals surface area (Å²) >= 11 is 0. The van der Waals surface area contributed by atoms with Gasteiger partial charge in [-0.2, -0.15) is 5.10 Å². The molecule has 0 aromatic carbocycles. The number of aryl methyl sites for hydroxylation is 1. The summed E-state index contributed by atoms with van der Waals surface area (Å²) in [7, 11) is 1.70. The first kappa shape index (κ1) is 14.1. The third-order valence-corrected chi connectivity index (χ3v) is 3.30. The quantitative estimate of drug-likeness (QED) is 0.804. The molecule has 0 spiro atoms. The average molecular weight is 278 g/mol. The lowest BCUT2D eigenvalue weighted by molar-refractivity contribution is -0.139. The summed E-state index contributed by atoms with van der Waals surface area (Å²) in [5, 5.41) is 15.7. The Morgan fingerprint density at radius 1 is 1.50 bits per heavy atom. The molecule has 20 heavy (non-hydrogen) atoms. The zero-order valence-corrected chi connectivity index (χ0v) is 11.5. The van der Waals surface area contributed by atoms with Gasteiger partial charge in [0.1, 0.15) is 0 Å². The van der Waals surface area contributed by atoms with E-state index < -0.39 is 12.0 Å². The predicted octanol–water partition coefficient (Wildman–Crippen LogP) is 0.907. The van der Waals surface area contributed by atoms with Crippen molar-refractivity contribution in [3.05, 3.63) is 29.6 Å². The summed E-state index contributed by atoms with van der Waals surface area (Å²) < 4.78 is 1.50.